The number of carbonyl (C=O) groups excluding carboxylic acids is 1. The maximum absolute atomic E-state index is 11.8. The molecule has 0 unspecified atom stereocenters. The van der Waals surface area contributed by atoms with Gasteiger partial charge in [0.1, 0.15) is 0 Å². The number of amides is 1. The number of hydrogen-bond acceptors (Lipinski definition) is 4. The van der Waals surface area contributed by atoms with E-state index in [1.165, 1.54) is 18.3 Å². The second-order valence-electron chi connectivity index (χ2n) is 3.96. The maximum Gasteiger partial charge on any atom is 0.271 e. The van der Waals surface area contributed by atoms with Crippen LogP contribution in [0.5, 0.6) is 11.5 Å². The first-order valence-electron chi connectivity index (χ1n) is 5.67. The third-order valence-electron chi connectivity index (χ3n) is 2.47. The fourth-order valence-electron chi connectivity index (χ4n) is 1.48. The molecule has 0 aromatic heterocycles. The number of aromatic hydroxyl groups is 2. The van der Waals surface area contributed by atoms with Gasteiger partial charge < -0.3 is 10.2 Å². The highest BCUT2D eigenvalue weighted by molar-refractivity contribution is 9.10. The molecule has 2 aromatic rings. The van der Waals surface area contributed by atoms with E-state index in [9.17, 15) is 9.90 Å². The van der Waals surface area contributed by atoms with Crippen LogP contribution in [0.15, 0.2) is 52.0 Å². The van der Waals surface area contributed by atoms with Gasteiger partial charge >= 0.3 is 0 Å². The molecule has 0 aliphatic heterocycles. The summed E-state index contributed by atoms with van der Waals surface area (Å²) in [6.07, 6.45) is 1.37. The molecule has 5 nitrogen and oxygen atoms in total. The van der Waals surface area contributed by atoms with Crippen molar-refractivity contribution in [3.8, 4) is 11.5 Å². The molecule has 102 valence electrons. The average Bonchev–Trinajstić information content (AvgIpc) is 2.42. The third kappa shape index (κ3) is 3.58. The van der Waals surface area contributed by atoms with Crippen molar-refractivity contribution in [2.45, 2.75) is 0 Å². The van der Waals surface area contributed by atoms with Gasteiger partial charge in [-0.05, 0) is 42.0 Å². The molecular formula is C14H11BrN2O3. The van der Waals surface area contributed by atoms with Gasteiger partial charge in [0.15, 0.2) is 11.5 Å². The Hall–Kier alpha value is -2.34. The highest BCUT2D eigenvalue weighted by Gasteiger charge is 2.04. The monoisotopic (exact) mass is 334 g/mol. The zero-order chi connectivity index (χ0) is 14.5. The van der Waals surface area contributed by atoms with Crippen LogP contribution in [0.25, 0.3) is 0 Å². The van der Waals surface area contributed by atoms with Crippen molar-refractivity contribution in [2.75, 3.05) is 0 Å². The van der Waals surface area contributed by atoms with Crippen molar-refractivity contribution in [3.63, 3.8) is 0 Å². The second kappa shape index (κ2) is 6.21. The van der Waals surface area contributed by atoms with Gasteiger partial charge in [-0.25, -0.2) is 5.43 Å². The topological polar surface area (TPSA) is 81.9 Å². The number of nitrogens with zero attached hydrogens (tertiary/aromatic N) is 1. The third-order valence-corrected chi connectivity index (χ3v) is 2.96. The zero-order valence-electron chi connectivity index (χ0n) is 10.2. The van der Waals surface area contributed by atoms with Gasteiger partial charge in [0, 0.05) is 10.0 Å². The summed E-state index contributed by atoms with van der Waals surface area (Å²) in [4.78, 5) is 11.8. The van der Waals surface area contributed by atoms with Crippen LogP contribution in [-0.2, 0) is 0 Å². The largest absolute Gasteiger partial charge is 0.504 e. The minimum atomic E-state index is -0.342. The van der Waals surface area contributed by atoms with Crippen molar-refractivity contribution in [1.82, 2.24) is 5.43 Å². The van der Waals surface area contributed by atoms with E-state index in [-0.39, 0.29) is 17.4 Å². The first-order chi connectivity index (χ1) is 9.56. The lowest BCUT2D eigenvalue weighted by molar-refractivity contribution is 0.0955. The summed E-state index contributed by atoms with van der Waals surface area (Å²) < 4.78 is 0.803. The van der Waals surface area contributed by atoms with Crippen LogP contribution < -0.4 is 5.43 Å². The first kappa shape index (κ1) is 14.1. The number of hydrazone groups is 1. The highest BCUT2D eigenvalue weighted by Crippen LogP contribution is 2.23. The standard InChI is InChI=1S/C14H11BrN2O3/c15-11-3-1-2-10(7-11)14(20)17-16-8-9-4-5-12(18)13(19)6-9/h1-8,18-19H,(H,17,20). The molecule has 6 heteroatoms. The van der Waals surface area contributed by atoms with Crippen molar-refractivity contribution in [2.24, 2.45) is 5.10 Å². The number of phenols is 2. The van der Waals surface area contributed by atoms with E-state index in [1.807, 2.05) is 6.07 Å². The van der Waals surface area contributed by atoms with E-state index in [1.54, 1.807) is 24.3 Å². The molecule has 20 heavy (non-hydrogen) atoms. The second-order valence-corrected chi connectivity index (χ2v) is 4.87. The van der Waals surface area contributed by atoms with Crippen LogP contribution in [0.4, 0.5) is 0 Å². The van der Waals surface area contributed by atoms with E-state index >= 15 is 0 Å². The van der Waals surface area contributed by atoms with Crippen molar-refractivity contribution >= 4 is 28.1 Å². The molecular weight excluding hydrogens is 324 g/mol. The Balaban J connectivity index is 2.02. The van der Waals surface area contributed by atoms with Gasteiger partial charge in [0.2, 0.25) is 0 Å². The van der Waals surface area contributed by atoms with Gasteiger partial charge in [-0.3, -0.25) is 4.79 Å². The molecule has 0 spiro atoms. The Bertz CT molecular complexity index is 671. The van der Waals surface area contributed by atoms with Gasteiger partial charge in [-0.2, -0.15) is 5.10 Å². The molecule has 2 rings (SSSR count). The number of nitrogens with one attached hydrogen (secondary N) is 1. The van der Waals surface area contributed by atoms with Crippen LogP contribution in [-0.4, -0.2) is 22.3 Å². The fourth-order valence-corrected chi connectivity index (χ4v) is 1.88. The molecule has 3 N–H and O–H groups in total. The Labute approximate surface area is 123 Å². The average molecular weight is 335 g/mol. The van der Waals surface area contributed by atoms with E-state index in [0.717, 1.165) is 4.47 Å². The molecule has 0 aliphatic carbocycles. The van der Waals surface area contributed by atoms with Crippen LogP contribution in [0.2, 0.25) is 0 Å². The van der Waals surface area contributed by atoms with Gasteiger partial charge in [0.25, 0.3) is 5.91 Å². The molecule has 0 saturated carbocycles. The number of carbonyl (C=O) groups is 1. The smallest absolute Gasteiger partial charge is 0.271 e. The summed E-state index contributed by atoms with van der Waals surface area (Å²) in [6, 6.07) is 11.2. The van der Waals surface area contributed by atoms with E-state index in [0.29, 0.717) is 11.1 Å². The molecule has 0 saturated heterocycles. The quantitative estimate of drug-likeness (QED) is 0.458. The molecule has 0 atom stereocenters. The summed E-state index contributed by atoms with van der Waals surface area (Å²) in [5.41, 5.74) is 3.40. The van der Waals surface area contributed by atoms with Crippen LogP contribution >= 0.6 is 15.9 Å². The van der Waals surface area contributed by atoms with Gasteiger partial charge in [-0.1, -0.05) is 22.0 Å². The summed E-state index contributed by atoms with van der Waals surface area (Å²) in [6.45, 7) is 0. The lowest BCUT2D eigenvalue weighted by atomic mass is 10.2. The lowest BCUT2D eigenvalue weighted by Crippen LogP contribution is -2.17. The van der Waals surface area contributed by atoms with Crippen molar-refractivity contribution < 1.29 is 15.0 Å². The number of benzene rings is 2. The van der Waals surface area contributed by atoms with Gasteiger partial charge in [0.05, 0.1) is 6.21 Å². The predicted octanol–water partition coefficient (Wildman–Crippen LogP) is 2.62. The highest BCUT2D eigenvalue weighted by atomic mass is 79.9. The molecule has 0 heterocycles. The summed E-state index contributed by atoms with van der Waals surface area (Å²) in [5, 5.41) is 22.3. The summed E-state index contributed by atoms with van der Waals surface area (Å²) >= 11 is 3.28. The lowest BCUT2D eigenvalue weighted by Gasteiger charge is -2.01. The fraction of sp³-hybridized carbons (Fsp3) is 0. The molecule has 0 radical (unpaired) electrons. The first-order valence-corrected chi connectivity index (χ1v) is 6.46. The van der Waals surface area contributed by atoms with Crippen LogP contribution in [0.1, 0.15) is 15.9 Å². The van der Waals surface area contributed by atoms with Gasteiger partial charge in [-0.15, -0.1) is 0 Å². The molecule has 1 amide bonds. The zero-order valence-corrected chi connectivity index (χ0v) is 11.8. The normalized spacial score (nSPS) is 10.7. The summed E-state index contributed by atoms with van der Waals surface area (Å²) in [7, 11) is 0. The van der Waals surface area contributed by atoms with E-state index in [4.69, 9.17) is 5.11 Å². The molecule has 0 bridgehead atoms. The minimum absolute atomic E-state index is 0.208. The number of hydrogen-bond donors (Lipinski definition) is 3. The Morgan fingerprint density at radius 3 is 2.65 bits per heavy atom. The molecule has 0 fully saturated rings. The predicted molar refractivity (Wildman–Crippen MR) is 79.0 cm³/mol. The Morgan fingerprint density at radius 1 is 1.15 bits per heavy atom. The minimum Gasteiger partial charge on any atom is -0.504 e. The van der Waals surface area contributed by atoms with Crippen molar-refractivity contribution in [3.05, 3.63) is 58.1 Å². The Kier molecular flexibility index (Phi) is 4.37. The Morgan fingerprint density at radius 2 is 1.95 bits per heavy atom. The maximum atomic E-state index is 11.8. The van der Waals surface area contributed by atoms with E-state index in [2.05, 4.69) is 26.5 Å². The van der Waals surface area contributed by atoms with Crippen LogP contribution in [0, 0.1) is 0 Å². The number of halogens is 1. The number of phenolic OH excluding ortho intramolecular Hbond substituents is 2. The summed E-state index contributed by atoms with van der Waals surface area (Å²) in [5.74, 6) is -0.793. The molecule has 2 aromatic carbocycles. The SMILES string of the molecule is O=C(NN=Cc1ccc(O)c(O)c1)c1cccc(Br)c1. The number of rotatable bonds is 3. The van der Waals surface area contributed by atoms with E-state index < -0.39 is 0 Å². The van der Waals surface area contributed by atoms with Crippen LogP contribution in [0.3, 0.4) is 0 Å². The van der Waals surface area contributed by atoms with Crippen molar-refractivity contribution in [1.29, 1.82) is 0 Å². The molecule has 0 aliphatic rings.